The molecule has 0 aliphatic carbocycles. The van der Waals surface area contributed by atoms with E-state index in [1.54, 1.807) is 0 Å². The molecule has 1 atom stereocenters. The van der Waals surface area contributed by atoms with Gasteiger partial charge in [-0.3, -0.25) is 4.79 Å². The molecule has 1 heterocycles. The molecule has 0 bridgehead atoms. The molecule has 1 rings (SSSR count). The first-order chi connectivity index (χ1) is 9.28. The predicted molar refractivity (Wildman–Crippen MR) is 70.9 cm³/mol. The summed E-state index contributed by atoms with van der Waals surface area (Å²) >= 11 is 5.78. The van der Waals surface area contributed by atoms with E-state index in [-0.39, 0.29) is 21.4 Å². The highest BCUT2D eigenvalue weighted by molar-refractivity contribution is 6.32. The summed E-state index contributed by atoms with van der Waals surface area (Å²) in [4.78, 5) is 11.7. The predicted octanol–water partition coefficient (Wildman–Crippen LogP) is 2.00. The average molecular weight is 313 g/mol. The van der Waals surface area contributed by atoms with Gasteiger partial charge in [0.05, 0.1) is 11.9 Å². The number of alkyl halides is 3. The normalized spacial score (nSPS) is 13.3. The molecule has 1 aromatic rings. The van der Waals surface area contributed by atoms with Crippen molar-refractivity contribution in [3.05, 3.63) is 21.6 Å². The maximum atomic E-state index is 12.2. The van der Waals surface area contributed by atoms with Crippen LogP contribution in [0.25, 0.3) is 0 Å². The fraction of sp³-hybridized carbons (Fsp3) is 0.636. The van der Waals surface area contributed by atoms with Gasteiger partial charge in [0, 0.05) is 12.6 Å². The van der Waals surface area contributed by atoms with Gasteiger partial charge in [-0.15, -0.1) is 0 Å². The van der Waals surface area contributed by atoms with Gasteiger partial charge in [0.15, 0.2) is 0 Å². The van der Waals surface area contributed by atoms with Crippen molar-refractivity contribution in [2.24, 2.45) is 5.73 Å². The molecule has 1 aromatic heterocycles. The molecular weight excluding hydrogens is 297 g/mol. The Morgan fingerprint density at radius 2 is 2.20 bits per heavy atom. The first kappa shape index (κ1) is 16.8. The summed E-state index contributed by atoms with van der Waals surface area (Å²) in [5, 5.41) is 6.06. The fourth-order valence-electron chi connectivity index (χ4n) is 1.67. The van der Waals surface area contributed by atoms with Crippen LogP contribution in [0.3, 0.4) is 0 Å². The van der Waals surface area contributed by atoms with Crippen molar-refractivity contribution in [2.75, 3.05) is 11.9 Å². The smallest absolute Gasteiger partial charge is 0.378 e. The van der Waals surface area contributed by atoms with E-state index in [2.05, 4.69) is 10.4 Å². The van der Waals surface area contributed by atoms with Gasteiger partial charge < -0.3 is 11.1 Å². The summed E-state index contributed by atoms with van der Waals surface area (Å²) in [7, 11) is 0. The van der Waals surface area contributed by atoms with Crippen molar-refractivity contribution < 1.29 is 13.2 Å². The summed E-state index contributed by atoms with van der Waals surface area (Å²) < 4.78 is 37.0. The van der Waals surface area contributed by atoms with E-state index < -0.39 is 18.3 Å². The highest BCUT2D eigenvalue weighted by Gasteiger charge is 2.29. The Labute approximate surface area is 118 Å². The van der Waals surface area contributed by atoms with Crippen molar-refractivity contribution in [1.29, 1.82) is 0 Å². The van der Waals surface area contributed by atoms with Gasteiger partial charge in [-0.2, -0.15) is 18.3 Å². The van der Waals surface area contributed by atoms with Gasteiger partial charge in [0.2, 0.25) is 0 Å². The molecule has 0 radical (unpaired) electrons. The summed E-state index contributed by atoms with van der Waals surface area (Å²) in [5.74, 6) is 0. The lowest BCUT2D eigenvalue weighted by molar-refractivity contribution is -0.143. The highest BCUT2D eigenvalue weighted by atomic mass is 35.5. The van der Waals surface area contributed by atoms with Crippen LogP contribution in [-0.4, -0.2) is 28.5 Å². The Balaban J connectivity index is 2.97. The lowest BCUT2D eigenvalue weighted by Gasteiger charge is -2.18. The number of aromatic nitrogens is 2. The van der Waals surface area contributed by atoms with Gasteiger partial charge in [-0.25, -0.2) is 4.68 Å². The maximum Gasteiger partial charge on any atom is 0.408 e. The SMILES string of the molecule is CCCC(CN)Nc1cnn(CC(F)(F)F)c(=O)c1Cl. The molecule has 0 saturated carbocycles. The van der Waals surface area contributed by atoms with Crippen LogP contribution in [0.4, 0.5) is 18.9 Å². The molecule has 0 fully saturated rings. The largest absolute Gasteiger partial charge is 0.408 e. The lowest BCUT2D eigenvalue weighted by Crippen LogP contribution is -2.33. The number of hydrogen-bond donors (Lipinski definition) is 2. The zero-order valence-corrected chi connectivity index (χ0v) is 11.6. The second-order valence-electron chi connectivity index (χ2n) is 4.32. The number of rotatable bonds is 6. The number of nitrogens with one attached hydrogen (secondary N) is 1. The number of hydrogen-bond acceptors (Lipinski definition) is 4. The Bertz CT molecular complexity index is 503. The lowest BCUT2D eigenvalue weighted by atomic mass is 10.1. The van der Waals surface area contributed by atoms with Crippen molar-refractivity contribution in [1.82, 2.24) is 9.78 Å². The van der Waals surface area contributed by atoms with Crippen molar-refractivity contribution in [2.45, 2.75) is 38.5 Å². The number of anilines is 1. The molecule has 1 unspecified atom stereocenters. The van der Waals surface area contributed by atoms with Crippen LogP contribution in [0, 0.1) is 0 Å². The maximum absolute atomic E-state index is 12.2. The molecule has 0 saturated heterocycles. The van der Waals surface area contributed by atoms with E-state index in [1.807, 2.05) is 6.92 Å². The van der Waals surface area contributed by atoms with Crippen molar-refractivity contribution in [3.63, 3.8) is 0 Å². The Hall–Kier alpha value is -1.28. The monoisotopic (exact) mass is 312 g/mol. The van der Waals surface area contributed by atoms with Gasteiger partial charge in [0.25, 0.3) is 5.56 Å². The second kappa shape index (κ2) is 6.94. The standard InChI is InChI=1S/C11H16ClF3N4O/c1-2-3-7(4-16)18-8-5-17-19(6-11(13,14)15)10(20)9(8)12/h5,7,18H,2-4,6,16H2,1H3. The number of nitrogens with zero attached hydrogens (tertiary/aromatic N) is 2. The number of nitrogens with two attached hydrogens (primary N) is 1. The van der Waals surface area contributed by atoms with Crippen molar-refractivity contribution in [3.8, 4) is 0 Å². The molecule has 9 heteroatoms. The molecule has 20 heavy (non-hydrogen) atoms. The first-order valence-corrected chi connectivity index (χ1v) is 6.45. The van der Waals surface area contributed by atoms with E-state index in [9.17, 15) is 18.0 Å². The van der Waals surface area contributed by atoms with Gasteiger partial charge >= 0.3 is 6.18 Å². The topological polar surface area (TPSA) is 72.9 Å². The summed E-state index contributed by atoms with van der Waals surface area (Å²) in [6.07, 6.45) is -1.81. The van der Waals surface area contributed by atoms with Crippen LogP contribution in [0.1, 0.15) is 19.8 Å². The van der Waals surface area contributed by atoms with E-state index in [4.69, 9.17) is 17.3 Å². The van der Waals surface area contributed by atoms with E-state index in [0.717, 1.165) is 19.0 Å². The molecule has 0 aromatic carbocycles. The molecule has 114 valence electrons. The van der Waals surface area contributed by atoms with Crippen LogP contribution in [-0.2, 0) is 6.54 Å². The zero-order valence-electron chi connectivity index (χ0n) is 10.9. The quantitative estimate of drug-likeness (QED) is 0.842. The third kappa shape index (κ3) is 4.68. The summed E-state index contributed by atoms with van der Waals surface area (Å²) in [6.45, 7) is 0.808. The highest BCUT2D eigenvalue weighted by Crippen LogP contribution is 2.20. The molecule has 0 aliphatic heterocycles. The molecule has 0 aliphatic rings. The minimum absolute atomic E-state index is 0.114. The first-order valence-electron chi connectivity index (χ1n) is 6.07. The third-order valence-corrected chi connectivity index (χ3v) is 2.96. The Morgan fingerprint density at radius 1 is 1.55 bits per heavy atom. The molecule has 0 amide bonds. The average Bonchev–Trinajstić information content (AvgIpc) is 2.36. The van der Waals surface area contributed by atoms with Crippen LogP contribution >= 0.6 is 11.6 Å². The summed E-state index contributed by atoms with van der Waals surface area (Å²) in [5.41, 5.74) is 4.76. The Morgan fingerprint density at radius 3 is 2.70 bits per heavy atom. The minimum atomic E-state index is -4.53. The van der Waals surface area contributed by atoms with Crippen molar-refractivity contribution >= 4 is 17.3 Å². The van der Waals surface area contributed by atoms with Gasteiger partial charge in [-0.1, -0.05) is 24.9 Å². The third-order valence-electron chi connectivity index (χ3n) is 2.60. The minimum Gasteiger partial charge on any atom is -0.378 e. The number of halogens is 4. The molecule has 5 nitrogen and oxygen atoms in total. The van der Waals surface area contributed by atoms with E-state index in [1.165, 1.54) is 0 Å². The Kier molecular flexibility index (Phi) is 5.82. The molecule has 3 N–H and O–H groups in total. The second-order valence-corrected chi connectivity index (χ2v) is 4.69. The van der Waals surface area contributed by atoms with Crippen LogP contribution in [0.5, 0.6) is 0 Å². The van der Waals surface area contributed by atoms with Crippen LogP contribution in [0.2, 0.25) is 5.02 Å². The fourth-order valence-corrected chi connectivity index (χ4v) is 1.87. The zero-order chi connectivity index (χ0) is 15.3. The van der Waals surface area contributed by atoms with Gasteiger partial charge in [0.1, 0.15) is 11.6 Å². The van der Waals surface area contributed by atoms with Gasteiger partial charge in [-0.05, 0) is 6.42 Å². The van der Waals surface area contributed by atoms with Crippen LogP contribution < -0.4 is 16.6 Å². The summed E-state index contributed by atoms with van der Waals surface area (Å²) in [6, 6.07) is -0.114. The molecule has 0 spiro atoms. The van der Waals surface area contributed by atoms with E-state index in [0.29, 0.717) is 6.54 Å². The molecular formula is C11H16ClF3N4O. The van der Waals surface area contributed by atoms with E-state index >= 15 is 0 Å². The van der Waals surface area contributed by atoms with Crippen LogP contribution in [0.15, 0.2) is 11.0 Å².